The van der Waals surface area contributed by atoms with Crippen molar-refractivity contribution >= 4 is 33.2 Å². The highest BCUT2D eigenvalue weighted by Crippen LogP contribution is 2.33. The molecule has 174 valence electrons. The highest BCUT2D eigenvalue weighted by atomic mass is 32.2. The molecule has 0 spiro atoms. The number of hydrogen-bond acceptors (Lipinski definition) is 6. The van der Waals surface area contributed by atoms with Gasteiger partial charge in [0, 0.05) is 19.6 Å². The van der Waals surface area contributed by atoms with Crippen molar-refractivity contribution in [3.8, 4) is 11.5 Å². The van der Waals surface area contributed by atoms with Crippen LogP contribution in [0.2, 0.25) is 0 Å². The number of imidazole rings is 1. The SMILES string of the molecule is CCCCn1c(C=Cc2ccc3c(c2)OCO3)nc2cc(S(=O)(=O)N3CCOCC3)ccc21. The minimum absolute atomic E-state index is 0.241. The third kappa shape index (κ3) is 4.36. The molecular weight excluding hydrogens is 442 g/mol. The lowest BCUT2D eigenvalue weighted by atomic mass is 10.2. The molecule has 0 amide bonds. The average molecular weight is 470 g/mol. The average Bonchev–Trinajstić information content (AvgIpc) is 3.45. The van der Waals surface area contributed by atoms with Gasteiger partial charge in [0.15, 0.2) is 11.5 Å². The topological polar surface area (TPSA) is 82.9 Å². The van der Waals surface area contributed by atoms with Crippen molar-refractivity contribution in [3.63, 3.8) is 0 Å². The molecule has 33 heavy (non-hydrogen) atoms. The Labute approximate surface area is 193 Å². The van der Waals surface area contributed by atoms with Crippen LogP contribution in [0.1, 0.15) is 31.2 Å². The van der Waals surface area contributed by atoms with E-state index < -0.39 is 10.0 Å². The highest BCUT2D eigenvalue weighted by Gasteiger charge is 2.27. The molecule has 2 aliphatic rings. The molecule has 2 aromatic carbocycles. The van der Waals surface area contributed by atoms with Crippen molar-refractivity contribution in [2.75, 3.05) is 33.1 Å². The summed E-state index contributed by atoms with van der Waals surface area (Å²) in [4.78, 5) is 5.05. The summed E-state index contributed by atoms with van der Waals surface area (Å²) in [5.41, 5.74) is 2.57. The van der Waals surface area contributed by atoms with Gasteiger partial charge in [-0.1, -0.05) is 25.5 Å². The van der Waals surface area contributed by atoms with Gasteiger partial charge in [-0.2, -0.15) is 4.31 Å². The molecule has 1 fully saturated rings. The van der Waals surface area contributed by atoms with Crippen LogP contribution in [0.3, 0.4) is 0 Å². The van der Waals surface area contributed by atoms with E-state index in [-0.39, 0.29) is 11.7 Å². The molecule has 9 heteroatoms. The van der Waals surface area contributed by atoms with Crippen molar-refractivity contribution in [1.82, 2.24) is 13.9 Å². The number of nitrogens with zero attached hydrogens (tertiary/aromatic N) is 3. The van der Waals surface area contributed by atoms with Crippen LogP contribution < -0.4 is 9.47 Å². The number of aryl methyl sites for hydroxylation is 1. The molecular formula is C24H27N3O5S. The Morgan fingerprint density at radius 3 is 2.67 bits per heavy atom. The molecule has 5 rings (SSSR count). The predicted octanol–water partition coefficient (Wildman–Crippen LogP) is 3.76. The van der Waals surface area contributed by atoms with E-state index in [0.29, 0.717) is 31.8 Å². The van der Waals surface area contributed by atoms with Gasteiger partial charge in [0.25, 0.3) is 0 Å². The second-order valence-corrected chi connectivity index (χ2v) is 10.0. The number of hydrogen-bond donors (Lipinski definition) is 0. The molecule has 1 aromatic heterocycles. The van der Waals surface area contributed by atoms with Crippen molar-refractivity contribution in [1.29, 1.82) is 0 Å². The maximum absolute atomic E-state index is 13.1. The second kappa shape index (κ2) is 9.17. The molecule has 0 bridgehead atoms. The monoisotopic (exact) mass is 469 g/mol. The van der Waals surface area contributed by atoms with Gasteiger partial charge in [-0.15, -0.1) is 0 Å². The number of fused-ring (bicyclic) bond motifs is 2. The number of benzene rings is 2. The van der Waals surface area contributed by atoms with Gasteiger partial charge in [0.2, 0.25) is 16.8 Å². The fourth-order valence-corrected chi connectivity index (χ4v) is 5.52. The Balaban J connectivity index is 1.49. The molecule has 0 aliphatic carbocycles. The van der Waals surface area contributed by atoms with Crippen molar-refractivity contribution in [2.24, 2.45) is 0 Å². The summed E-state index contributed by atoms with van der Waals surface area (Å²) in [6.45, 7) is 4.77. The fraction of sp³-hybridized carbons (Fsp3) is 0.375. The molecule has 0 atom stereocenters. The third-order valence-electron chi connectivity index (χ3n) is 5.91. The summed E-state index contributed by atoms with van der Waals surface area (Å²) < 4.78 is 46.0. The number of aromatic nitrogens is 2. The van der Waals surface area contributed by atoms with Crippen LogP contribution in [-0.4, -0.2) is 55.4 Å². The number of morpholine rings is 1. The molecule has 3 heterocycles. The lowest BCUT2D eigenvalue weighted by molar-refractivity contribution is 0.0730. The van der Waals surface area contributed by atoms with Crippen molar-refractivity contribution < 1.29 is 22.6 Å². The lowest BCUT2D eigenvalue weighted by Crippen LogP contribution is -2.40. The first-order valence-electron chi connectivity index (χ1n) is 11.2. The van der Waals surface area contributed by atoms with Crippen LogP contribution in [0, 0.1) is 0 Å². The predicted molar refractivity (Wildman–Crippen MR) is 126 cm³/mol. The number of ether oxygens (including phenoxy) is 3. The Bertz CT molecular complexity index is 1290. The summed E-state index contributed by atoms with van der Waals surface area (Å²) in [5.74, 6) is 2.27. The molecule has 8 nitrogen and oxygen atoms in total. The minimum Gasteiger partial charge on any atom is -0.454 e. The van der Waals surface area contributed by atoms with Crippen LogP contribution in [0.5, 0.6) is 11.5 Å². The summed E-state index contributed by atoms with van der Waals surface area (Å²) >= 11 is 0. The maximum Gasteiger partial charge on any atom is 0.243 e. The molecule has 0 N–H and O–H groups in total. The highest BCUT2D eigenvalue weighted by molar-refractivity contribution is 7.89. The Hall–Kier alpha value is -2.88. The van der Waals surface area contributed by atoms with Gasteiger partial charge in [0.1, 0.15) is 5.82 Å². The zero-order chi connectivity index (χ0) is 22.8. The molecule has 1 saturated heterocycles. The zero-order valence-corrected chi connectivity index (χ0v) is 19.4. The van der Waals surface area contributed by atoms with Gasteiger partial charge in [-0.05, 0) is 48.4 Å². The first-order chi connectivity index (χ1) is 16.1. The Kier molecular flexibility index (Phi) is 6.09. The first kappa shape index (κ1) is 21.9. The van der Waals surface area contributed by atoms with E-state index >= 15 is 0 Å². The zero-order valence-electron chi connectivity index (χ0n) is 18.6. The first-order valence-corrected chi connectivity index (χ1v) is 12.7. The Morgan fingerprint density at radius 2 is 1.85 bits per heavy atom. The quantitative estimate of drug-likeness (QED) is 0.524. The number of rotatable bonds is 7. The van der Waals surface area contributed by atoms with E-state index in [0.717, 1.165) is 47.8 Å². The summed E-state index contributed by atoms with van der Waals surface area (Å²) in [7, 11) is -3.57. The molecule has 0 saturated carbocycles. The smallest absolute Gasteiger partial charge is 0.243 e. The van der Waals surface area contributed by atoms with E-state index in [1.54, 1.807) is 12.1 Å². The normalized spacial score (nSPS) is 16.8. The minimum atomic E-state index is -3.57. The second-order valence-electron chi connectivity index (χ2n) is 8.09. The standard InChI is InChI=1S/C24H27N3O5S/c1-2-3-10-27-21-7-6-19(33(28,29)26-11-13-30-14-12-26)16-20(21)25-24(27)9-5-18-4-8-22-23(15-18)32-17-31-22/h4-9,15-16H,2-3,10-14,17H2,1H3. The fourth-order valence-electron chi connectivity index (χ4n) is 4.09. The van der Waals surface area contributed by atoms with Crippen molar-refractivity contribution in [2.45, 2.75) is 31.2 Å². The lowest BCUT2D eigenvalue weighted by Gasteiger charge is -2.26. The largest absolute Gasteiger partial charge is 0.454 e. The summed E-state index contributed by atoms with van der Waals surface area (Å²) in [6.07, 6.45) is 6.00. The maximum atomic E-state index is 13.1. The van der Waals surface area contributed by atoms with E-state index in [9.17, 15) is 8.42 Å². The summed E-state index contributed by atoms with van der Waals surface area (Å²) in [5, 5.41) is 0. The molecule has 3 aromatic rings. The van der Waals surface area contributed by atoms with Gasteiger partial charge in [-0.3, -0.25) is 0 Å². The van der Waals surface area contributed by atoms with E-state index in [4.69, 9.17) is 19.2 Å². The van der Waals surface area contributed by atoms with Crippen LogP contribution in [-0.2, 0) is 21.3 Å². The van der Waals surface area contributed by atoms with E-state index in [1.165, 1.54) is 4.31 Å². The van der Waals surface area contributed by atoms with E-state index in [1.807, 2.05) is 36.4 Å². The van der Waals surface area contributed by atoms with Crippen LogP contribution in [0.25, 0.3) is 23.2 Å². The van der Waals surface area contributed by atoms with Crippen LogP contribution in [0.15, 0.2) is 41.3 Å². The number of unbranched alkanes of at least 4 members (excludes halogenated alkanes) is 1. The third-order valence-corrected chi connectivity index (χ3v) is 7.81. The number of sulfonamides is 1. The van der Waals surface area contributed by atoms with Gasteiger partial charge < -0.3 is 18.8 Å². The van der Waals surface area contributed by atoms with Crippen LogP contribution in [0.4, 0.5) is 0 Å². The summed E-state index contributed by atoms with van der Waals surface area (Å²) in [6, 6.07) is 11.0. The molecule has 0 unspecified atom stereocenters. The molecule has 2 aliphatic heterocycles. The van der Waals surface area contributed by atoms with Crippen LogP contribution >= 0.6 is 0 Å². The van der Waals surface area contributed by atoms with Gasteiger partial charge >= 0.3 is 0 Å². The van der Waals surface area contributed by atoms with E-state index in [2.05, 4.69) is 11.5 Å². The van der Waals surface area contributed by atoms with Gasteiger partial charge in [-0.25, -0.2) is 13.4 Å². The van der Waals surface area contributed by atoms with Crippen molar-refractivity contribution in [3.05, 3.63) is 47.8 Å². The Morgan fingerprint density at radius 1 is 1.03 bits per heavy atom. The molecule has 0 radical (unpaired) electrons. The van der Waals surface area contributed by atoms with Gasteiger partial charge in [0.05, 0.1) is 29.1 Å².